The van der Waals surface area contributed by atoms with Gasteiger partial charge in [0.15, 0.2) is 11.5 Å². The molecular weight excluding hydrogens is 352 g/mol. The largest absolute Gasteiger partial charge is 0.454 e. The highest BCUT2D eigenvalue weighted by Gasteiger charge is 2.13. The van der Waals surface area contributed by atoms with Crippen LogP contribution in [0.15, 0.2) is 40.9 Å². The Morgan fingerprint density at radius 2 is 2.00 bits per heavy atom. The number of anilines is 1. The van der Waals surface area contributed by atoms with Crippen molar-refractivity contribution in [3.63, 3.8) is 0 Å². The van der Waals surface area contributed by atoms with E-state index in [9.17, 15) is 0 Å². The number of rotatable bonds is 4. The smallest absolute Gasteiger partial charge is 0.231 e. The van der Waals surface area contributed by atoms with Gasteiger partial charge in [0.2, 0.25) is 6.79 Å². The Hall–Kier alpha value is -1.79. The topological polar surface area (TPSA) is 56.5 Å². The third-order valence-corrected chi connectivity index (χ3v) is 3.88. The summed E-state index contributed by atoms with van der Waals surface area (Å²) < 4.78 is 11.6. The zero-order chi connectivity index (χ0) is 14.8. The number of hydrogen-bond acceptors (Lipinski definition) is 4. The second-order valence-electron chi connectivity index (χ2n) is 4.60. The lowest BCUT2D eigenvalue weighted by atomic mass is 10.1. The first-order valence-corrected chi connectivity index (χ1v) is 7.55. The molecule has 0 spiro atoms. The van der Waals surface area contributed by atoms with E-state index in [1.165, 1.54) is 0 Å². The average Bonchev–Trinajstić information content (AvgIpc) is 2.93. The molecule has 0 fully saturated rings. The number of benzene rings is 2. The molecule has 1 aliphatic heterocycles. The molecule has 3 N–H and O–H groups in total. The van der Waals surface area contributed by atoms with Crippen LogP contribution in [0.5, 0.6) is 11.5 Å². The first-order valence-electron chi connectivity index (χ1n) is 6.35. The summed E-state index contributed by atoms with van der Waals surface area (Å²) in [7, 11) is 0. The number of fused-ring (bicyclic) bond motifs is 1. The molecule has 0 saturated carbocycles. The van der Waals surface area contributed by atoms with Crippen LogP contribution in [0.25, 0.3) is 0 Å². The van der Waals surface area contributed by atoms with Gasteiger partial charge in [0.1, 0.15) is 4.99 Å². The molecule has 2 aromatic carbocycles. The van der Waals surface area contributed by atoms with Crippen LogP contribution >= 0.6 is 28.1 Å². The summed E-state index contributed by atoms with van der Waals surface area (Å²) in [6.45, 7) is 0.929. The molecule has 0 aliphatic carbocycles. The number of nitrogens with two attached hydrogens (primary N) is 1. The minimum absolute atomic E-state index is 0.282. The number of hydrogen-bond donors (Lipinski definition) is 2. The normalized spacial score (nSPS) is 12.2. The van der Waals surface area contributed by atoms with Gasteiger partial charge >= 0.3 is 0 Å². The van der Waals surface area contributed by atoms with Crippen molar-refractivity contribution in [3.8, 4) is 11.5 Å². The lowest BCUT2D eigenvalue weighted by Gasteiger charge is -2.12. The monoisotopic (exact) mass is 364 g/mol. The van der Waals surface area contributed by atoms with Crippen LogP contribution in [0.1, 0.15) is 11.1 Å². The summed E-state index contributed by atoms with van der Waals surface area (Å²) in [5.74, 6) is 1.56. The average molecular weight is 365 g/mol. The lowest BCUT2D eigenvalue weighted by molar-refractivity contribution is 0.174. The van der Waals surface area contributed by atoms with Crippen molar-refractivity contribution in [2.45, 2.75) is 6.54 Å². The summed E-state index contributed by atoms with van der Waals surface area (Å²) in [5, 5.41) is 3.34. The third-order valence-electron chi connectivity index (χ3n) is 3.17. The lowest BCUT2D eigenvalue weighted by Crippen LogP contribution is -2.13. The molecule has 0 amide bonds. The highest BCUT2D eigenvalue weighted by molar-refractivity contribution is 9.10. The van der Waals surface area contributed by atoms with Crippen LogP contribution in [-0.4, -0.2) is 11.8 Å². The number of halogens is 1. The Balaban J connectivity index is 1.77. The van der Waals surface area contributed by atoms with Crippen LogP contribution in [0, 0.1) is 0 Å². The predicted octanol–water partition coefficient (Wildman–Crippen LogP) is 3.42. The van der Waals surface area contributed by atoms with Crippen molar-refractivity contribution in [1.82, 2.24) is 0 Å². The van der Waals surface area contributed by atoms with Crippen LogP contribution < -0.4 is 20.5 Å². The van der Waals surface area contributed by atoms with E-state index in [0.29, 0.717) is 11.5 Å². The van der Waals surface area contributed by atoms with Crippen molar-refractivity contribution in [3.05, 3.63) is 52.0 Å². The van der Waals surface area contributed by atoms with E-state index in [4.69, 9.17) is 27.4 Å². The number of thiocarbonyl (C=S) groups is 1. The van der Waals surface area contributed by atoms with Crippen LogP contribution in [0.3, 0.4) is 0 Å². The fraction of sp³-hybridized carbons (Fsp3) is 0.133. The van der Waals surface area contributed by atoms with Crippen molar-refractivity contribution < 1.29 is 9.47 Å². The fourth-order valence-electron chi connectivity index (χ4n) is 2.12. The molecule has 6 heteroatoms. The molecule has 0 radical (unpaired) electrons. The van der Waals surface area contributed by atoms with Crippen molar-refractivity contribution in [1.29, 1.82) is 0 Å². The first-order chi connectivity index (χ1) is 10.1. The molecule has 108 valence electrons. The summed E-state index contributed by atoms with van der Waals surface area (Å²) in [6.07, 6.45) is 0. The van der Waals surface area contributed by atoms with Gasteiger partial charge in [0.05, 0.1) is 0 Å². The van der Waals surface area contributed by atoms with Gasteiger partial charge in [-0.2, -0.15) is 0 Å². The van der Waals surface area contributed by atoms with E-state index >= 15 is 0 Å². The Morgan fingerprint density at radius 3 is 2.81 bits per heavy atom. The molecule has 0 atom stereocenters. The molecule has 21 heavy (non-hydrogen) atoms. The maximum Gasteiger partial charge on any atom is 0.231 e. The Bertz CT molecular complexity index is 706. The maximum absolute atomic E-state index is 5.76. The third kappa shape index (κ3) is 3.11. The molecule has 2 aromatic rings. The minimum Gasteiger partial charge on any atom is -0.454 e. The van der Waals surface area contributed by atoms with Crippen LogP contribution in [0.2, 0.25) is 0 Å². The molecular formula is C15H13BrN2O2S. The van der Waals surface area contributed by atoms with E-state index in [-0.39, 0.29) is 6.79 Å². The van der Waals surface area contributed by atoms with Gasteiger partial charge in [-0.1, -0.05) is 34.2 Å². The highest BCUT2D eigenvalue weighted by atomic mass is 79.9. The number of ether oxygens (including phenoxy) is 2. The van der Waals surface area contributed by atoms with Gasteiger partial charge in [-0.15, -0.1) is 0 Å². The summed E-state index contributed by atoms with van der Waals surface area (Å²) in [6, 6.07) is 11.7. The molecule has 0 aromatic heterocycles. The Labute approximate surface area is 136 Å². The second kappa shape index (κ2) is 5.91. The summed E-state index contributed by atoms with van der Waals surface area (Å²) in [4.78, 5) is 0.365. The summed E-state index contributed by atoms with van der Waals surface area (Å²) >= 11 is 8.51. The second-order valence-corrected chi connectivity index (χ2v) is 5.95. The van der Waals surface area contributed by atoms with E-state index < -0.39 is 0 Å². The van der Waals surface area contributed by atoms with Gasteiger partial charge < -0.3 is 20.5 Å². The van der Waals surface area contributed by atoms with Gasteiger partial charge in [-0.3, -0.25) is 0 Å². The SMILES string of the molecule is NC(=S)c1cc(Br)ccc1NCc1ccc2c(c1)OCO2. The molecule has 3 rings (SSSR count). The molecule has 1 aliphatic rings. The van der Waals surface area contributed by atoms with Gasteiger partial charge in [0.25, 0.3) is 0 Å². The standard InChI is InChI=1S/C15H13BrN2O2S/c16-10-2-3-12(11(6-10)15(17)21)18-7-9-1-4-13-14(5-9)20-8-19-13/h1-6,18H,7-8H2,(H2,17,21). The van der Waals surface area contributed by atoms with E-state index in [2.05, 4.69) is 21.2 Å². The van der Waals surface area contributed by atoms with Crippen LogP contribution in [0.4, 0.5) is 5.69 Å². The first kappa shape index (κ1) is 14.2. The Kier molecular flexibility index (Phi) is 3.98. The van der Waals surface area contributed by atoms with Crippen LogP contribution in [-0.2, 0) is 6.54 Å². The zero-order valence-corrected chi connectivity index (χ0v) is 13.5. The minimum atomic E-state index is 0.282. The van der Waals surface area contributed by atoms with Gasteiger partial charge in [0, 0.05) is 22.3 Å². The summed E-state index contributed by atoms with van der Waals surface area (Å²) in [5.41, 5.74) is 8.58. The van der Waals surface area contributed by atoms with E-state index in [1.54, 1.807) is 0 Å². The number of nitrogens with one attached hydrogen (secondary N) is 1. The molecule has 0 unspecified atom stereocenters. The zero-order valence-electron chi connectivity index (χ0n) is 11.1. The molecule has 0 bridgehead atoms. The molecule has 1 heterocycles. The van der Waals surface area contributed by atoms with Crippen molar-refractivity contribution in [2.24, 2.45) is 5.73 Å². The molecule has 0 saturated heterocycles. The predicted molar refractivity (Wildman–Crippen MR) is 89.9 cm³/mol. The van der Waals surface area contributed by atoms with Crippen molar-refractivity contribution in [2.75, 3.05) is 12.1 Å². The highest BCUT2D eigenvalue weighted by Crippen LogP contribution is 2.32. The Morgan fingerprint density at radius 1 is 1.19 bits per heavy atom. The van der Waals surface area contributed by atoms with E-state index in [0.717, 1.165) is 32.8 Å². The van der Waals surface area contributed by atoms with E-state index in [1.807, 2.05) is 36.4 Å². The fourth-order valence-corrected chi connectivity index (χ4v) is 2.65. The van der Waals surface area contributed by atoms with Crippen molar-refractivity contribution >= 4 is 38.8 Å². The van der Waals surface area contributed by atoms with Gasteiger partial charge in [-0.25, -0.2) is 0 Å². The molecule has 4 nitrogen and oxygen atoms in total. The quantitative estimate of drug-likeness (QED) is 0.814. The maximum atomic E-state index is 5.76. The van der Waals surface area contributed by atoms with Gasteiger partial charge in [-0.05, 0) is 35.9 Å².